The molecule has 0 heterocycles. The van der Waals surface area contributed by atoms with Gasteiger partial charge in [0.1, 0.15) is 0 Å². The van der Waals surface area contributed by atoms with Crippen LogP contribution in [0.25, 0.3) is 6.08 Å². The number of hydrogen-bond acceptors (Lipinski definition) is 0. The third-order valence-corrected chi connectivity index (χ3v) is 1.62. The Hall–Kier alpha value is -0.443. The second kappa shape index (κ2) is 3.66. The molecule has 0 aromatic heterocycles. The van der Waals surface area contributed by atoms with Crippen LogP contribution in [0, 0.1) is 0 Å². The molecule has 1 rings (SSSR count). The summed E-state index contributed by atoms with van der Waals surface area (Å²) in [6.45, 7) is 3.69. The third kappa shape index (κ3) is 1.77. The fraction of sp³-hybridized carbons (Fsp3) is 0.111. The SMILES string of the molecule is [Li][CH2]c1ccc(C=C)cc1. The van der Waals surface area contributed by atoms with Crippen LogP contribution in [0.1, 0.15) is 11.1 Å². The van der Waals surface area contributed by atoms with Crippen molar-refractivity contribution in [3.8, 4) is 0 Å². The molecule has 0 aliphatic heterocycles. The molecule has 10 heavy (non-hydrogen) atoms. The van der Waals surface area contributed by atoms with Gasteiger partial charge >= 0.3 is 70.9 Å². The predicted molar refractivity (Wildman–Crippen MR) is 46.0 cm³/mol. The molecule has 0 spiro atoms. The summed E-state index contributed by atoms with van der Waals surface area (Å²) < 4.78 is 0. The molecule has 1 heteroatoms. The third-order valence-electron chi connectivity index (χ3n) is 1.62. The fourth-order valence-corrected chi connectivity index (χ4v) is 0.889. The Morgan fingerprint density at radius 1 is 1.30 bits per heavy atom. The zero-order valence-corrected chi connectivity index (χ0v) is 6.30. The van der Waals surface area contributed by atoms with E-state index >= 15 is 0 Å². The van der Waals surface area contributed by atoms with Crippen molar-refractivity contribution >= 4 is 23.8 Å². The molecule has 0 saturated carbocycles. The molecule has 1 aromatic rings. The van der Waals surface area contributed by atoms with E-state index in [1.54, 1.807) is 0 Å². The van der Waals surface area contributed by atoms with Gasteiger partial charge in [0.05, 0.1) is 0 Å². The quantitative estimate of drug-likeness (QED) is 0.529. The zero-order valence-electron chi connectivity index (χ0n) is 6.30. The molecular formula is C9H9Li. The maximum atomic E-state index is 3.69. The van der Waals surface area contributed by atoms with E-state index < -0.39 is 0 Å². The van der Waals surface area contributed by atoms with E-state index in [1.165, 1.54) is 11.1 Å². The Bertz CT molecular complexity index is 211. The van der Waals surface area contributed by atoms with E-state index in [1.807, 2.05) is 6.08 Å². The van der Waals surface area contributed by atoms with Crippen LogP contribution in [0.3, 0.4) is 0 Å². The molecule has 0 nitrogen and oxygen atoms in total. The number of benzene rings is 1. The summed E-state index contributed by atoms with van der Waals surface area (Å²) in [5.74, 6) is 0. The zero-order chi connectivity index (χ0) is 7.40. The Kier molecular flexibility index (Phi) is 2.80. The van der Waals surface area contributed by atoms with Crippen molar-refractivity contribution in [3.63, 3.8) is 0 Å². The van der Waals surface area contributed by atoms with Crippen LogP contribution in [-0.2, 0) is 5.09 Å². The molecule has 0 amide bonds. The number of hydrogen-bond donors (Lipinski definition) is 0. The Morgan fingerprint density at radius 2 is 1.90 bits per heavy atom. The predicted octanol–water partition coefficient (Wildman–Crippen LogP) is 2.00. The molecule has 0 bridgehead atoms. The molecule has 0 radical (unpaired) electrons. The first-order chi connectivity index (χ1) is 4.86. The van der Waals surface area contributed by atoms with E-state index in [9.17, 15) is 0 Å². The maximum absolute atomic E-state index is 3.69. The van der Waals surface area contributed by atoms with Gasteiger partial charge in [-0.05, 0) is 0 Å². The van der Waals surface area contributed by atoms with Crippen LogP contribution in [0.5, 0.6) is 0 Å². The van der Waals surface area contributed by atoms with Crippen molar-refractivity contribution in [1.29, 1.82) is 0 Å². The van der Waals surface area contributed by atoms with Crippen molar-refractivity contribution in [2.45, 2.75) is 5.09 Å². The first-order valence-electron chi connectivity index (χ1n) is 3.58. The molecule has 1 aromatic carbocycles. The molecule has 0 saturated heterocycles. The normalized spacial score (nSPS) is 9.40. The fourth-order valence-electron chi connectivity index (χ4n) is 0.889. The molecular weight excluding hydrogens is 115 g/mol. The van der Waals surface area contributed by atoms with Crippen LogP contribution in [-0.4, -0.2) is 17.7 Å². The monoisotopic (exact) mass is 124 g/mol. The average molecular weight is 124 g/mol. The van der Waals surface area contributed by atoms with E-state index in [0.29, 0.717) is 0 Å². The summed E-state index contributed by atoms with van der Waals surface area (Å²) in [6, 6.07) is 8.45. The van der Waals surface area contributed by atoms with Gasteiger partial charge in [-0.2, -0.15) is 0 Å². The summed E-state index contributed by atoms with van der Waals surface area (Å²) in [6.07, 6.45) is 1.86. The van der Waals surface area contributed by atoms with Gasteiger partial charge in [-0.3, -0.25) is 0 Å². The van der Waals surface area contributed by atoms with Crippen molar-refractivity contribution in [1.82, 2.24) is 0 Å². The molecule has 0 fully saturated rings. The summed E-state index contributed by atoms with van der Waals surface area (Å²) in [5, 5.41) is 1.11. The van der Waals surface area contributed by atoms with Crippen molar-refractivity contribution in [2.75, 3.05) is 0 Å². The topological polar surface area (TPSA) is 0 Å². The average Bonchev–Trinajstić information content (AvgIpc) is 2.05. The Balaban J connectivity index is 2.90. The first-order valence-corrected chi connectivity index (χ1v) is 3.58. The Morgan fingerprint density at radius 3 is 2.30 bits per heavy atom. The van der Waals surface area contributed by atoms with Gasteiger partial charge < -0.3 is 0 Å². The van der Waals surface area contributed by atoms with Crippen LogP contribution >= 0.6 is 0 Å². The second-order valence-electron chi connectivity index (χ2n) is 2.30. The van der Waals surface area contributed by atoms with Gasteiger partial charge in [-0.25, -0.2) is 0 Å². The van der Waals surface area contributed by atoms with Crippen LogP contribution < -0.4 is 0 Å². The summed E-state index contributed by atoms with van der Waals surface area (Å²) in [7, 11) is 0. The summed E-state index contributed by atoms with van der Waals surface area (Å²) >= 11 is 2.16. The van der Waals surface area contributed by atoms with Gasteiger partial charge in [0.2, 0.25) is 0 Å². The minimum atomic E-state index is 1.11. The van der Waals surface area contributed by atoms with E-state index in [0.717, 1.165) is 5.09 Å². The molecule has 0 aliphatic rings. The number of rotatable bonds is 2. The molecule has 0 N–H and O–H groups in total. The van der Waals surface area contributed by atoms with Crippen molar-refractivity contribution in [3.05, 3.63) is 42.0 Å². The Labute approximate surface area is 71.2 Å². The van der Waals surface area contributed by atoms with Crippen molar-refractivity contribution in [2.24, 2.45) is 0 Å². The van der Waals surface area contributed by atoms with Crippen molar-refractivity contribution < 1.29 is 0 Å². The van der Waals surface area contributed by atoms with Gasteiger partial charge in [-0.15, -0.1) is 0 Å². The van der Waals surface area contributed by atoms with Gasteiger partial charge in [0, 0.05) is 0 Å². The molecule has 0 atom stereocenters. The van der Waals surface area contributed by atoms with Crippen LogP contribution in [0.2, 0.25) is 0 Å². The molecule has 0 aliphatic carbocycles. The minimum absolute atomic E-state index is 1.11. The molecule has 0 unspecified atom stereocenters. The summed E-state index contributed by atoms with van der Waals surface area (Å²) in [4.78, 5) is 0. The first kappa shape index (κ1) is 7.66. The van der Waals surface area contributed by atoms with Gasteiger partial charge in [0.25, 0.3) is 0 Å². The standard InChI is InChI=1S/C9H9.Li/c1-3-9-6-4-8(2)5-7-9;/h3-7H,1-2H2;. The van der Waals surface area contributed by atoms with E-state index in [2.05, 4.69) is 48.6 Å². The second-order valence-corrected chi connectivity index (χ2v) is 2.30. The van der Waals surface area contributed by atoms with Gasteiger partial charge in [0.15, 0.2) is 0 Å². The van der Waals surface area contributed by atoms with E-state index in [4.69, 9.17) is 0 Å². The van der Waals surface area contributed by atoms with Gasteiger partial charge in [-0.1, -0.05) is 0 Å². The van der Waals surface area contributed by atoms with Crippen LogP contribution in [0.4, 0.5) is 0 Å². The van der Waals surface area contributed by atoms with E-state index in [-0.39, 0.29) is 0 Å². The molecule has 46 valence electrons. The van der Waals surface area contributed by atoms with Crippen LogP contribution in [0.15, 0.2) is 30.8 Å². The summed E-state index contributed by atoms with van der Waals surface area (Å²) in [5.41, 5.74) is 2.57.